The van der Waals surface area contributed by atoms with E-state index < -0.39 is 5.54 Å². The summed E-state index contributed by atoms with van der Waals surface area (Å²) < 4.78 is 0. The van der Waals surface area contributed by atoms with Gasteiger partial charge in [-0.25, -0.2) is 9.69 Å². The van der Waals surface area contributed by atoms with Crippen LogP contribution < -0.4 is 5.32 Å². The van der Waals surface area contributed by atoms with E-state index in [0.717, 1.165) is 38.8 Å². The number of imide groups is 1. The summed E-state index contributed by atoms with van der Waals surface area (Å²) in [6, 6.07) is -0.186. The van der Waals surface area contributed by atoms with E-state index in [2.05, 4.69) is 17.1 Å². The number of amides is 3. The fourth-order valence-corrected chi connectivity index (χ4v) is 3.92. The van der Waals surface area contributed by atoms with Gasteiger partial charge in [-0.1, -0.05) is 26.2 Å². The van der Waals surface area contributed by atoms with Crippen molar-refractivity contribution < 1.29 is 9.59 Å². The smallest absolute Gasteiger partial charge is 0.323 e. The van der Waals surface area contributed by atoms with E-state index in [4.69, 9.17) is 0 Å². The molecule has 0 aromatic rings. The Morgan fingerprint density at radius 1 is 1.15 bits per heavy atom. The van der Waals surface area contributed by atoms with Crippen LogP contribution in [-0.2, 0) is 4.79 Å². The lowest BCUT2D eigenvalue weighted by Crippen LogP contribution is -2.54. The van der Waals surface area contributed by atoms with Crippen LogP contribution in [0, 0.1) is 5.92 Å². The molecule has 112 valence electrons. The zero-order chi connectivity index (χ0) is 14.2. The van der Waals surface area contributed by atoms with Crippen LogP contribution >= 0.6 is 0 Å². The van der Waals surface area contributed by atoms with Crippen molar-refractivity contribution in [3.05, 3.63) is 0 Å². The summed E-state index contributed by atoms with van der Waals surface area (Å²) in [4.78, 5) is 28.7. The quantitative estimate of drug-likeness (QED) is 0.786. The fourth-order valence-electron chi connectivity index (χ4n) is 3.92. The van der Waals surface area contributed by atoms with Crippen molar-refractivity contribution in [2.24, 2.45) is 5.92 Å². The molecule has 20 heavy (non-hydrogen) atoms. The van der Waals surface area contributed by atoms with Crippen molar-refractivity contribution in [2.75, 3.05) is 19.8 Å². The van der Waals surface area contributed by atoms with Crippen LogP contribution in [0.4, 0.5) is 4.79 Å². The van der Waals surface area contributed by atoms with E-state index in [-0.39, 0.29) is 17.9 Å². The number of hydrogen-bond acceptors (Lipinski definition) is 3. The van der Waals surface area contributed by atoms with Gasteiger partial charge in [-0.3, -0.25) is 9.69 Å². The number of hydrogen-bond donors (Lipinski definition) is 1. The number of rotatable bonds is 2. The van der Waals surface area contributed by atoms with Gasteiger partial charge in [0.25, 0.3) is 5.91 Å². The number of urea groups is 1. The molecule has 3 amide bonds. The van der Waals surface area contributed by atoms with Crippen LogP contribution in [0.2, 0.25) is 0 Å². The van der Waals surface area contributed by atoms with Crippen molar-refractivity contribution in [3.8, 4) is 0 Å². The standard InChI is InChI=1S/C15H25N3O2/c1-12-7-3-4-8-15(12)13(19)18(14(20)16-15)11-17-9-5-2-6-10-17/h12H,2-11H2,1H3,(H,16,20)/t12-,15-/m1/s1. The largest absolute Gasteiger partial charge is 0.326 e. The summed E-state index contributed by atoms with van der Waals surface area (Å²) in [7, 11) is 0. The van der Waals surface area contributed by atoms with Gasteiger partial charge in [-0.2, -0.15) is 0 Å². The Kier molecular flexibility index (Phi) is 3.71. The third kappa shape index (κ3) is 2.22. The molecule has 0 bridgehead atoms. The summed E-state index contributed by atoms with van der Waals surface area (Å²) in [5, 5.41) is 3.02. The van der Waals surface area contributed by atoms with Crippen LogP contribution in [0.1, 0.15) is 51.9 Å². The molecular formula is C15H25N3O2. The van der Waals surface area contributed by atoms with Crippen LogP contribution in [0.3, 0.4) is 0 Å². The second-order valence-corrected chi connectivity index (χ2v) is 6.60. The zero-order valence-electron chi connectivity index (χ0n) is 12.4. The maximum absolute atomic E-state index is 12.8. The SMILES string of the molecule is C[C@@H]1CCCC[C@@]12NC(=O)N(CN1CCCCC1)C2=O. The lowest BCUT2D eigenvalue weighted by Gasteiger charge is -2.37. The van der Waals surface area contributed by atoms with Crippen molar-refractivity contribution in [1.29, 1.82) is 0 Å². The van der Waals surface area contributed by atoms with Gasteiger partial charge in [-0.05, 0) is 44.7 Å². The Labute approximate surface area is 120 Å². The molecule has 2 atom stereocenters. The highest BCUT2D eigenvalue weighted by atomic mass is 16.2. The van der Waals surface area contributed by atoms with Crippen molar-refractivity contribution in [3.63, 3.8) is 0 Å². The van der Waals surface area contributed by atoms with E-state index in [1.807, 2.05) is 0 Å². The molecule has 2 aliphatic heterocycles. The summed E-state index contributed by atoms with van der Waals surface area (Å²) >= 11 is 0. The van der Waals surface area contributed by atoms with E-state index in [0.29, 0.717) is 6.67 Å². The minimum atomic E-state index is -0.606. The van der Waals surface area contributed by atoms with E-state index in [1.165, 1.54) is 24.2 Å². The average molecular weight is 279 g/mol. The highest BCUT2D eigenvalue weighted by molar-refractivity contribution is 6.07. The number of nitrogens with zero attached hydrogens (tertiary/aromatic N) is 2. The van der Waals surface area contributed by atoms with Crippen LogP contribution in [0.15, 0.2) is 0 Å². The maximum Gasteiger partial charge on any atom is 0.326 e. The predicted molar refractivity (Wildman–Crippen MR) is 76.0 cm³/mol. The summed E-state index contributed by atoms with van der Waals surface area (Å²) in [5.41, 5.74) is -0.606. The molecule has 0 unspecified atom stereocenters. The monoisotopic (exact) mass is 279 g/mol. The fraction of sp³-hybridized carbons (Fsp3) is 0.867. The van der Waals surface area contributed by atoms with Gasteiger partial charge in [-0.15, -0.1) is 0 Å². The molecule has 2 saturated heterocycles. The van der Waals surface area contributed by atoms with E-state index in [9.17, 15) is 9.59 Å². The van der Waals surface area contributed by atoms with Crippen LogP contribution in [-0.4, -0.2) is 47.0 Å². The second kappa shape index (κ2) is 5.35. The maximum atomic E-state index is 12.8. The molecule has 3 fully saturated rings. The Bertz CT molecular complexity index is 406. The second-order valence-electron chi connectivity index (χ2n) is 6.60. The first-order chi connectivity index (χ1) is 9.63. The molecule has 5 nitrogen and oxygen atoms in total. The normalized spacial score (nSPS) is 35.6. The summed E-state index contributed by atoms with van der Waals surface area (Å²) in [5.74, 6) is 0.263. The molecule has 0 radical (unpaired) electrons. The molecule has 1 N–H and O–H groups in total. The van der Waals surface area contributed by atoms with Gasteiger partial charge in [0.2, 0.25) is 0 Å². The Morgan fingerprint density at radius 2 is 1.90 bits per heavy atom. The van der Waals surface area contributed by atoms with E-state index >= 15 is 0 Å². The number of piperidine rings is 1. The van der Waals surface area contributed by atoms with Gasteiger partial charge in [0.05, 0.1) is 6.67 Å². The minimum Gasteiger partial charge on any atom is -0.323 e. The Hall–Kier alpha value is -1.10. The summed E-state index contributed by atoms with van der Waals surface area (Å²) in [6.07, 6.45) is 7.64. The first-order valence-corrected chi connectivity index (χ1v) is 8.00. The molecule has 2 heterocycles. The molecule has 0 aromatic carbocycles. The topological polar surface area (TPSA) is 52.7 Å². The van der Waals surface area contributed by atoms with Gasteiger partial charge in [0, 0.05) is 0 Å². The minimum absolute atomic E-state index is 0.0141. The molecule has 3 rings (SSSR count). The molecular weight excluding hydrogens is 254 g/mol. The van der Waals surface area contributed by atoms with Crippen molar-refractivity contribution in [2.45, 2.75) is 57.4 Å². The van der Waals surface area contributed by atoms with Crippen LogP contribution in [0.25, 0.3) is 0 Å². The van der Waals surface area contributed by atoms with E-state index in [1.54, 1.807) is 0 Å². The molecule has 3 aliphatic rings. The first-order valence-electron chi connectivity index (χ1n) is 8.00. The molecule has 1 aliphatic carbocycles. The number of carbonyl (C=O) groups is 2. The number of nitrogens with one attached hydrogen (secondary N) is 1. The number of carbonyl (C=O) groups excluding carboxylic acids is 2. The highest BCUT2D eigenvalue weighted by Crippen LogP contribution is 2.38. The zero-order valence-corrected chi connectivity index (χ0v) is 12.4. The third-order valence-corrected chi connectivity index (χ3v) is 5.29. The summed E-state index contributed by atoms with van der Waals surface area (Å²) in [6.45, 7) is 4.57. The Balaban J connectivity index is 1.72. The Morgan fingerprint density at radius 3 is 2.60 bits per heavy atom. The van der Waals surface area contributed by atoms with Gasteiger partial charge >= 0.3 is 6.03 Å². The average Bonchev–Trinajstić information content (AvgIpc) is 2.69. The van der Waals surface area contributed by atoms with Gasteiger partial charge < -0.3 is 5.32 Å². The first kappa shape index (κ1) is 13.9. The van der Waals surface area contributed by atoms with Gasteiger partial charge in [0.15, 0.2) is 0 Å². The molecule has 0 aromatic heterocycles. The van der Waals surface area contributed by atoms with Crippen molar-refractivity contribution in [1.82, 2.24) is 15.1 Å². The predicted octanol–water partition coefficient (Wildman–Crippen LogP) is 1.93. The van der Waals surface area contributed by atoms with Gasteiger partial charge in [0.1, 0.15) is 5.54 Å². The lowest BCUT2D eigenvalue weighted by atomic mass is 9.73. The highest BCUT2D eigenvalue weighted by Gasteiger charge is 2.54. The molecule has 5 heteroatoms. The van der Waals surface area contributed by atoms with Crippen molar-refractivity contribution >= 4 is 11.9 Å². The third-order valence-electron chi connectivity index (χ3n) is 5.29. The van der Waals surface area contributed by atoms with Crippen LogP contribution in [0.5, 0.6) is 0 Å². The lowest BCUT2D eigenvalue weighted by molar-refractivity contribution is -0.135. The molecule has 1 saturated carbocycles. The molecule has 1 spiro atoms. The number of likely N-dealkylation sites (tertiary alicyclic amines) is 1.